The minimum absolute atomic E-state index is 0.0127. The van der Waals surface area contributed by atoms with Gasteiger partial charge in [0.1, 0.15) is 0 Å². The Morgan fingerprint density at radius 1 is 0.838 bits per heavy atom. The molecular weight excluding hydrogens is 482 g/mol. The zero-order chi connectivity index (χ0) is 25.8. The van der Waals surface area contributed by atoms with Gasteiger partial charge in [-0.15, -0.1) is 0 Å². The van der Waals surface area contributed by atoms with Crippen LogP contribution in [-0.4, -0.2) is 55.3 Å². The molecule has 3 aromatic carbocycles. The summed E-state index contributed by atoms with van der Waals surface area (Å²) in [4.78, 5) is 21.9. The van der Waals surface area contributed by atoms with E-state index in [0.29, 0.717) is 29.7 Å². The summed E-state index contributed by atoms with van der Waals surface area (Å²) in [6, 6.07) is 24.3. The molecule has 1 fully saturated rings. The van der Waals surface area contributed by atoms with Gasteiger partial charge in [-0.05, 0) is 47.4 Å². The summed E-state index contributed by atoms with van der Waals surface area (Å²) in [5, 5.41) is 0.791. The molecule has 5 rings (SSSR count). The molecule has 6 nitrogen and oxygen atoms in total. The molecule has 1 aromatic heterocycles. The lowest BCUT2D eigenvalue weighted by molar-refractivity contribution is 0.0628. The van der Waals surface area contributed by atoms with Gasteiger partial charge in [-0.25, -0.2) is 8.42 Å². The lowest BCUT2D eigenvalue weighted by Crippen LogP contribution is -2.48. The van der Waals surface area contributed by atoms with Crippen molar-refractivity contribution >= 4 is 26.6 Å². The van der Waals surface area contributed by atoms with Crippen molar-refractivity contribution in [3.63, 3.8) is 0 Å². The standard InChI is InChI=1S/C30H31N3O3S/c1-2-24-7-3-4-8-27(24)21-32-17-19-33(20-18-32)30(34)26-14-12-23(13-15-26)22-37(35,36)28-11-5-9-25-10-6-16-31-29(25)28/h3-16H,2,17-22H2,1H3. The Morgan fingerprint density at radius 2 is 1.54 bits per heavy atom. The quantitative estimate of drug-likeness (QED) is 0.357. The van der Waals surface area contributed by atoms with Crippen molar-refractivity contribution in [2.75, 3.05) is 26.2 Å². The number of amides is 1. The van der Waals surface area contributed by atoms with Crippen molar-refractivity contribution < 1.29 is 13.2 Å². The van der Waals surface area contributed by atoms with Gasteiger partial charge in [0.25, 0.3) is 5.91 Å². The monoisotopic (exact) mass is 513 g/mol. The van der Waals surface area contributed by atoms with E-state index >= 15 is 0 Å². The SMILES string of the molecule is CCc1ccccc1CN1CCN(C(=O)c2ccc(CS(=O)(=O)c3cccc4cccnc34)cc2)CC1. The molecule has 4 aromatic rings. The molecule has 0 unspecified atom stereocenters. The third kappa shape index (κ3) is 5.58. The average Bonchev–Trinajstić information content (AvgIpc) is 2.93. The molecule has 37 heavy (non-hydrogen) atoms. The van der Waals surface area contributed by atoms with Gasteiger partial charge in [0.2, 0.25) is 0 Å². The zero-order valence-electron chi connectivity index (χ0n) is 21.0. The van der Waals surface area contributed by atoms with Crippen LogP contribution in [0.3, 0.4) is 0 Å². The Labute approximate surface area is 218 Å². The Kier molecular flexibility index (Phi) is 7.35. The number of hydrogen-bond acceptors (Lipinski definition) is 5. The van der Waals surface area contributed by atoms with Crippen LogP contribution in [0.1, 0.15) is 34.0 Å². The molecule has 0 atom stereocenters. The van der Waals surface area contributed by atoms with Gasteiger partial charge >= 0.3 is 0 Å². The zero-order valence-corrected chi connectivity index (χ0v) is 21.8. The number of hydrogen-bond donors (Lipinski definition) is 0. The molecule has 0 bridgehead atoms. The molecule has 1 saturated heterocycles. The first-order valence-electron chi connectivity index (χ1n) is 12.7. The molecular formula is C30H31N3O3S. The third-order valence-corrected chi connectivity index (χ3v) is 8.75. The predicted octanol–water partition coefficient (Wildman–Crippen LogP) is 4.73. The Balaban J connectivity index is 1.21. The number of carbonyl (C=O) groups is 1. The van der Waals surface area contributed by atoms with Crippen molar-refractivity contribution in [2.45, 2.75) is 30.5 Å². The van der Waals surface area contributed by atoms with Crippen LogP contribution in [0.25, 0.3) is 10.9 Å². The number of aromatic nitrogens is 1. The van der Waals surface area contributed by atoms with Crippen LogP contribution in [0, 0.1) is 0 Å². The van der Waals surface area contributed by atoms with Crippen molar-refractivity contribution in [2.24, 2.45) is 0 Å². The van der Waals surface area contributed by atoms with Crippen molar-refractivity contribution in [1.82, 2.24) is 14.8 Å². The van der Waals surface area contributed by atoms with Gasteiger partial charge in [0, 0.05) is 49.9 Å². The summed E-state index contributed by atoms with van der Waals surface area (Å²) >= 11 is 0. The normalized spacial score (nSPS) is 14.7. The smallest absolute Gasteiger partial charge is 0.253 e. The Bertz CT molecular complexity index is 1500. The van der Waals surface area contributed by atoms with Crippen LogP contribution >= 0.6 is 0 Å². The second kappa shape index (κ2) is 10.8. The van der Waals surface area contributed by atoms with Gasteiger partial charge in [0.05, 0.1) is 16.2 Å². The van der Waals surface area contributed by atoms with Crippen LogP contribution in [0.2, 0.25) is 0 Å². The number of pyridine rings is 1. The number of carbonyl (C=O) groups excluding carboxylic acids is 1. The summed E-state index contributed by atoms with van der Waals surface area (Å²) < 4.78 is 26.3. The van der Waals surface area contributed by atoms with Crippen molar-refractivity contribution in [3.8, 4) is 0 Å². The third-order valence-electron chi connectivity index (χ3n) is 7.04. The molecule has 7 heteroatoms. The minimum atomic E-state index is -3.59. The average molecular weight is 514 g/mol. The molecule has 0 N–H and O–H groups in total. The number of fused-ring (bicyclic) bond motifs is 1. The second-order valence-corrected chi connectivity index (χ2v) is 11.4. The maximum absolute atomic E-state index is 13.2. The second-order valence-electron chi connectivity index (χ2n) is 9.48. The first-order valence-corrected chi connectivity index (χ1v) is 14.3. The number of para-hydroxylation sites is 1. The first kappa shape index (κ1) is 25.1. The van der Waals surface area contributed by atoms with Crippen LogP contribution in [-0.2, 0) is 28.6 Å². The van der Waals surface area contributed by atoms with Crippen LogP contribution < -0.4 is 0 Å². The van der Waals surface area contributed by atoms with E-state index < -0.39 is 9.84 Å². The summed E-state index contributed by atoms with van der Waals surface area (Å²) in [7, 11) is -3.59. The number of sulfone groups is 1. The highest BCUT2D eigenvalue weighted by Crippen LogP contribution is 2.24. The van der Waals surface area contributed by atoms with Crippen LogP contribution in [0.15, 0.2) is 90.0 Å². The largest absolute Gasteiger partial charge is 0.336 e. The van der Waals surface area contributed by atoms with Gasteiger partial charge in [0.15, 0.2) is 9.84 Å². The fraction of sp³-hybridized carbons (Fsp3) is 0.267. The molecule has 0 aliphatic carbocycles. The van der Waals surface area contributed by atoms with Gasteiger partial charge in [-0.3, -0.25) is 14.7 Å². The van der Waals surface area contributed by atoms with E-state index in [2.05, 4.69) is 41.1 Å². The van der Waals surface area contributed by atoms with E-state index in [1.54, 1.807) is 48.7 Å². The maximum atomic E-state index is 13.2. The van der Waals surface area contributed by atoms with E-state index in [4.69, 9.17) is 0 Å². The molecule has 0 spiro atoms. The highest BCUT2D eigenvalue weighted by Gasteiger charge is 2.23. The summed E-state index contributed by atoms with van der Waals surface area (Å²) in [5.41, 5.74) is 4.44. The fourth-order valence-corrected chi connectivity index (χ4v) is 6.49. The summed E-state index contributed by atoms with van der Waals surface area (Å²) in [6.07, 6.45) is 2.62. The van der Waals surface area contributed by atoms with Crippen LogP contribution in [0.5, 0.6) is 0 Å². The predicted molar refractivity (Wildman–Crippen MR) is 146 cm³/mol. The first-order chi connectivity index (χ1) is 17.9. The molecule has 2 heterocycles. The number of piperazine rings is 1. The van der Waals surface area contributed by atoms with E-state index in [0.717, 1.165) is 31.4 Å². The van der Waals surface area contributed by atoms with Gasteiger partial charge in [-0.1, -0.05) is 61.5 Å². The lowest BCUT2D eigenvalue weighted by atomic mass is 10.0. The molecule has 1 aliphatic rings. The number of benzene rings is 3. The van der Waals surface area contributed by atoms with E-state index in [1.807, 2.05) is 17.0 Å². The van der Waals surface area contributed by atoms with E-state index in [1.165, 1.54) is 11.1 Å². The number of rotatable bonds is 7. The topological polar surface area (TPSA) is 70.6 Å². The highest BCUT2D eigenvalue weighted by molar-refractivity contribution is 7.90. The molecule has 1 amide bonds. The minimum Gasteiger partial charge on any atom is -0.336 e. The Hall–Kier alpha value is -3.55. The fourth-order valence-electron chi connectivity index (χ4n) is 4.96. The van der Waals surface area contributed by atoms with Crippen LogP contribution in [0.4, 0.5) is 0 Å². The number of nitrogens with zero attached hydrogens (tertiary/aromatic N) is 3. The Morgan fingerprint density at radius 3 is 2.27 bits per heavy atom. The van der Waals surface area contributed by atoms with E-state index in [9.17, 15) is 13.2 Å². The summed E-state index contributed by atoms with van der Waals surface area (Å²) in [6.45, 7) is 6.10. The number of aryl methyl sites for hydroxylation is 1. The summed E-state index contributed by atoms with van der Waals surface area (Å²) in [5.74, 6) is -0.156. The van der Waals surface area contributed by atoms with Crippen molar-refractivity contribution in [1.29, 1.82) is 0 Å². The van der Waals surface area contributed by atoms with Gasteiger partial charge < -0.3 is 4.90 Å². The lowest BCUT2D eigenvalue weighted by Gasteiger charge is -2.35. The molecule has 1 aliphatic heterocycles. The molecule has 0 saturated carbocycles. The van der Waals surface area contributed by atoms with E-state index in [-0.39, 0.29) is 16.6 Å². The highest BCUT2D eigenvalue weighted by atomic mass is 32.2. The molecule has 0 radical (unpaired) electrons. The maximum Gasteiger partial charge on any atom is 0.253 e. The molecule has 190 valence electrons. The van der Waals surface area contributed by atoms with Crippen molar-refractivity contribution in [3.05, 3.63) is 107 Å². The van der Waals surface area contributed by atoms with Gasteiger partial charge in [-0.2, -0.15) is 0 Å².